The van der Waals surface area contributed by atoms with Gasteiger partial charge in [0, 0.05) is 6.07 Å². The van der Waals surface area contributed by atoms with Crippen LogP contribution in [-0.4, -0.2) is 24.1 Å². The molecule has 132 valence electrons. The topological polar surface area (TPSA) is 72.1 Å². The largest absolute Gasteiger partial charge is 0.501 e. The van der Waals surface area contributed by atoms with Gasteiger partial charge in [0.15, 0.2) is 11.6 Å². The van der Waals surface area contributed by atoms with E-state index in [4.69, 9.17) is 4.74 Å². The van der Waals surface area contributed by atoms with E-state index < -0.39 is 37.4 Å². The smallest absolute Gasteiger partial charge is 0.456 e. The molecular weight excluding hydrogens is 371 g/mol. The van der Waals surface area contributed by atoms with E-state index in [0.29, 0.717) is 6.07 Å². The molecule has 3 aromatic rings. The van der Waals surface area contributed by atoms with Gasteiger partial charge in [-0.2, -0.15) is 18.3 Å². The van der Waals surface area contributed by atoms with E-state index in [1.807, 2.05) is 0 Å². The highest BCUT2D eigenvalue weighted by atomic mass is 32.2. The zero-order valence-corrected chi connectivity index (χ0v) is 12.8. The summed E-state index contributed by atoms with van der Waals surface area (Å²) in [4.78, 5) is -1.02. The standard InChI is InChI=1S/C14H7F5N2O3S/c15-9-2-1-7(5-10(9)16)24-11-3-4-12(13-8(11)6-20-21-13)25(22,23)14(17,18)19/h1-6H,(H,20,21). The van der Waals surface area contributed by atoms with Crippen molar-refractivity contribution in [2.24, 2.45) is 0 Å². The monoisotopic (exact) mass is 378 g/mol. The van der Waals surface area contributed by atoms with Gasteiger partial charge in [-0.3, -0.25) is 5.10 Å². The van der Waals surface area contributed by atoms with Gasteiger partial charge in [0.2, 0.25) is 0 Å². The van der Waals surface area contributed by atoms with Gasteiger partial charge in [0.1, 0.15) is 16.4 Å². The molecule has 11 heteroatoms. The molecule has 2 aromatic carbocycles. The highest BCUT2D eigenvalue weighted by Gasteiger charge is 2.48. The van der Waals surface area contributed by atoms with Crippen LogP contribution in [0, 0.1) is 11.6 Å². The average Bonchev–Trinajstić information content (AvgIpc) is 2.99. The molecule has 1 heterocycles. The fourth-order valence-electron chi connectivity index (χ4n) is 2.09. The molecule has 0 unspecified atom stereocenters. The molecule has 0 atom stereocenters. The van der Waals surface area contributed by atoms with Crippen LogP contribution in [0.2, 0.25) is 0 Å². The summed E-state index contributed by atoms with van der Waals surface area (Å²) in [5.74, 6) is -2.51. The molecule has 25 heavy (non-hydrogen) atoms. The van der Waals surface area contributed by atoms with Gasteiger partial charge in [-0.15, -0.1) is 0 Å². The Morgan fingerprint density at radius 1 is 1.04 bits per heavy atom. The summed E-state index contributed by atoms with van der Waals surface area (Å²) in [6.07, 6.45) is 1.06. The third-order valence-electron chi connectivity index (χ3n) is 3.25. The molecule has 0 radical (unpaired) electrons. The summed E-state index contributed by atoms with van der Waals surface area (Å²) >= 11 is 0. The maximum atomic E-state index is 13.2. The van der Waals surface area contributed by atoms with E-state index in [1.54, 1.807) is 0 Å². The second-order valence-corrected chi connectivity index (χ2v) is 6.76. The van der Waals surface area contributed by atoms with Crippen LogP contribution >= 0.6 is 0 Å². The summed E-state index contributed by atoms with van der Waals surface area (Å²) in [6.45, 7) is 0. The average molecular weight is 378 g/mol. The molecule has 0 aliphatic rings. The Morgan fingerprint density at radius 2 is 1.76 bits per heavy atom. The third-order valence-corrected chi connectivity index (χ3v) is 4.78. The zero-order valence-electron chi connectivity index (χ0n) is 11.9. The van der Waals surface area contributed by atoms with Crippen molar-refractivity contribution >= 4 is 20.7 Å². The molecule has 0 saturated heterocycles. The lowest BCUT2D eigenvalue weighted by molar-refractivity contribution is -0.0435. The van der Waals surface area contributed by atoms with Crippen LogP contribution in [-0.2, 0) is 9.84 Å². The Morgan fingerprint density at radius 3 is 2.40 bits per heavy atom. The Hall–Kier alpha value is -2.69. The number of halogens is 5. The summed E-state index contributed by atoms with van der Waals surface area (Å²) < 4.78 is 92.9. The first-order valence-electron chi connectivity index (χ1n) is 6.51. The number of nitrogens with one attached hydrogen (secondary N) is 1. The normalized spacial score (nSPS) is 12.5. The molecule has 5 nitrogen and oxygen atoms in total. The number of hydrogen-bond donors (Lipinski definition) is 1. The maximum absolute atomic E-state index is 13.2. The number of sulfone groups is 1. The van der Waals surface area contributed by atoms with Crippen molar-refractivity contribution in [3.05, 3.63) is 48.2 Å². The van der Waals surface area contributed by atoms with Gasteiger partial charge >= 0.3 is 5.51 Å². The van der Waals surface area contributed by atoms with Crippen molar-refractivity contribution < 1.29 is 35.1 Å². The molecular formula is C14H7F5N2O3S. The third kappa shape index (κ3) is 2.90. The lowest BCUT2D eigenvalue weighted by atomic mass is 10.2. The minimum absolute atomic E-state index is 0.0740. The van der Waals surface area contributed by atoms with Crippen molar-refractivity contribution in [2.75, 3.05) is 0 Å². The molecule has 0 fully saturated rings. The molecule has 0 spiro atoms. The van der Waals surface area contributed by atoms with Crippen LogP contribution in [0.3, 0.4) is 0 Å². The first kappa shape index (κ1) is 17.1. The van der Waals surface area contributed by atoms with Gasteiger partial charge in [-0.05, 0) is 24.3 Å². The van der Waals surface area contributed by atoms with Crippen molar-refractivity contribution in [2.45, 2.75) is 10.4 Å². The van der Waals surface area contributed by atoms with E-state index in [0.717, 1.165) is 30.5 Å². The number of aromatic amines is 1. The van der Waals surface area contributed by atoms with E-state index in [1.165, 1.54) is 0 Å². The lowest BCUT2D eigenvalue weighted by Gasteiger charge is -2.11. The predicted octanol–water partition coefficient (Wildman–Crippen LogP) is 3.93. The van der Waals surface area contributed by atoms with Gasteiger partial charge in [-0.25, -0.2) is 17.2 Å². The fourth-order valence-corrected chi connectivity index (χ4v) is 3.01. The van der Waals surface area contributed by atoms with Crippen LogP contribution in [0.4, 0.5) is 22.0 Å². The van der Waals surface area contributed by atoms with E-state index >= 15 is 0 Å². The second kappa shape index (κ2) is 5.69. The number of rotatable bonds is 3. The molecule has 1 aromatic heterocycles. The lowest BCUT2D eigenvalue weighted by Crippen LogP contribution is -2.23. The highest BCUT2D eigenvalue weighted by Crippen LogP contribution is 2.38. The van der Waals surface area contributed by atoms with Crippen LogP contribution in [0.1, 0.15) is 0 Å². The first-order chi connectivity index (χ1) is 11.6. The SMILES string of the molecule is O=S(=O)(c1ccc(Oc2ccc(F)c(F)c2)c2cn[nH]c12)C(F)(F)F. The van der Waals surface area contributed by atoms with Crippen LogP contribution in [0.5, 0.6) is 11.5 Å². The summed E-state index contributed by atoms with van der Waals surface area (Å²) in [7, 11) is -5.61. The van der Waals surface area contributed by atoms with Crippen LogP contribution in [0.25, 0.3) is 10.9 Å². The maximum Gasteiger partial charge on any atom is 0.501 e. The molecule has 1 N–H and O–H groups in total. The van der Waals surface area contributed by atoms with Gasteiger partial charge in [0.05, 0.1) is 17.1 Å². The van der Waals surface area contributed by atoms with Crippen LogP contribution in [0.15, 0.2) is 41.4 Å². The van der Waals surface area contributed by atoms with Crippen molar-refractivity contribution in [1.82, 2.24) is 10.2 Å². The number of H-pyrrole nitrogens is 1. The number of nitrogens with zero attached hydrogens (tertiary/aromatic N) is 1. The van der Waals surface area contributed by atoms with E-state index in [-0.39, 0.29) is 16.9 Å². The van der Waals surface area contributed by atoms with E-state index in [9.17, 15) is 30.4 Å². The minimum atomic E-state index is -5.61. The number of ether oxygens (including phenoxy) is 1. The van der Waals surface area contributed by atoms with Gasteiger partial charge < -0.3 is 4.74 Å². The number of fused-ring (bicyclic) bond motifs is 1. The van der Waals surface area contributed by atoms with Crippen molar-refractivity contribution in [3.63, 3.8) is 0 Å². The molecule has 0 bridgehead atoms. The summed E-state index contributed by atoms with van der Waals surface area (Å²) in [5, 5.41) is 5.62. The number of aromatic nitrogens is 2. The molecule has 0 saturated carbocycles. The Bertz CT molecular complexity index is 1060. The number of benzene rings is 2. The second-order valence-electron chi connectivity index (χ2n) is 4.85. The highest BCUT2D eigenvalue weighted by molar-refractivity contribution is 7.92. The van der Waals surface area contributed by atoms with Gasteiger partial charge in [0.25, 0.3) is 9.84 Å². The van der Waals surface area contributed by atoms with Gasteiger partial charge in [-0.1, -0.05) is 0 Å². The van der Waals surface area contributed by atoms with Crippen molar-refractivity contribution in [3.8, 4) is 11.5 Å². The molecule has 0 aliphatic carbocycles. The predicted molar refractivity (Wildman–Crippen MR) is 75.8 cm³/mol. The van der Waals surface area contributed by atoms with Crippen molar-refractivity contribution in [1.29, 1.82) is 0 Å². The first-order valence-corrected chi connectivity index (χ1v) is 8.00. The number of hydrogen-bond acceptors (Lipinski definition) is 4. The van der Waals surface area contributed by atoms with Crippen LogP contribution < -0.4 is 4.74 Å². The number of alkyl halides is 3. The van der Waals surface area contributed by atoms with E-state index in [2.05, 4.69) is 10.2 Å². The zero-order chi connectivity index (χ0) is 18.4. The summed E-state index contributed by atoms with van der Waals surface area (Å²) in [6, 6.07) is 4.31. The minimum Gasteiger partial charge on any atom is -0.456 e. The quantitative estimate of drug-likeness (QED) is 0.701. The molecule has 3 rings (SSSR count). The summed E-state index contributed by atoms with van der Waals surface area (Å²) in [5.41, 5.74) is -5.91. The Labute approximate surface area is 136 Å². The molecule has 0 aliphatic heterocycles. The molecule has 0 amide bonds. The Kier molecular flexibility index (Phi) is 3.90. The Balaban J connectivity index is 2.10. The fraction of sp³-hybridized carbons (Fsp3) is 0.0714.